The summed E-state index contributed by atoms with van der Waals surface area (Å²) in [4.78, 5) is 31.8. The first-order valence-electron chi connectivity index (χ1n) is 10.3. The third-order valence-electron chi connectivity index (χ3n) is 5.55. The summed E-state index contributed by atoms with van der Waals surface area (Å²) in [6.07, 6.45) is 2.60. The summed E-state index contributed by atoms with van der Waals surface area (Å²) >= 11 is 1.48. The lowest BCUT2D eigenvalue weighted by Crippen LogP contribution is -2.33. The summed E-state index contributed by atoms with van der Waals surface area (Å²) in [5, 5.41) is 1.35. The van der Waals surface area contributed by atoms with E-state index >= 15 is 0 Å². The molecule has 1 aliphatic rings. The summed E-state index contributed by atoms with van der Waals surface area (Å²) in [5.74, 6) is -0.363. The highest BCUT2D eigenvalue weighted by atomic mass is 32.2. The number of benzene rings is 2. The molecule has 4 nitrogen and oxygen atoms in total. The van der Waals surface area contributed by atoms with E-state index in [0.717, 1.165) is 27.6 Å². The van der Waals surface area contributed by atoms with Gasteiger partial charge in [-0.05, 0) is 48.6 Å². The van der Waals surface area contributed by atoms with Crippen molar-refractivity contribution in [1.29, 1.82) is 0 Å². The van der Waals surface area contributed by atoms with Crippen LogP contribution in [0.5, 0.6) is 0 Å². The van der Waals surface area contributed by atoms with Crippen molar-refractivity contribution in [2.75, 3.05) is 6.54 Å². The number of aromatic amines is 1. The van der Waals surface area contributed by atoms with Gasteiger partial charge in [-0.2, -0.15) is 0 Å². The van der Waals surface area contributed by atoms with Crippen molar-refractivity contribution in [2.24, 2.45) is 0 Å². The molecule has 154 valence electrons. The minimum absolute atomic E-state index is 0.174. The topological polar surface area (TPSA) is 53.2 Å². The number of nitrogens with zero attached hydrogens (tertiary/aromatic N) is 1. The van der Waals surface area contributed by atoms with Crippen molar-refractivity contribution in [3.05, 3.63) is 75.8 Å². The molecule has 0 unspecified atom stereocenters. The Morgan fingerprint density at radius 3 is 2.50 bits per heavy atom. The number of imide groups is 1. The molecule has 0 atom stereocenters. The van der Waals surface area contributed by atoms with Crippen molar-refractivity contribution in [3.63, 3.8) is 0 Å². The van der Waals surface area contributed by atoms with Crippen LogP contribution >= 0.6 is 11.8 Å². The van der Waals surface area contributed by atoms with Crippen LogP contribution in [0.2, 0.25) is 0 Å². The minimum Gasteiger partial charge on any atom is -0.361 e. The van der Waals surface area contributed by atoms with Crippen molar-refractivity contribution in [1.82, 2.24) is 9.88 Å². The standard InChI is InChI=1S/C25H26N2O2S/c1-15(2)30-23-22(18-10-9-16(3)17(4)13-18)24(28)27(25(23)29)12-11-19-14-26-21-8-6-5-7-20(19)21/h5-10,13-15,26H,11-12H2,1-4H3. The maximum Gasteiger partial charge on any atom is 0.268 e. The Morgan fingerprint density at radius 1 is 1.00 bits per heavy atom. The molecule has 0 saturated carbocycles. The first kappa shape index (κ1) is 20.5. The molecule has 5 heteroatoms. The second-order valence-electron chi connectivity index (χ2n) is 8.04. The summed E-state index contributed by atoms with van der Waals surface area (Å²) in [7, 11) is 0. The summed E-state index contributed by atoms with van der Waals surface area (Å²) in [6, 6.07) is 14.1. The van der Waals surface area contributed by atoms with Gasteiger partial charge in [0, 0.05) is 28.9 Å². The van der Waals surface area contributed by atoms with Gasteiger partial charge in [0.2, 0.25) is 0 Å². The van der Waals surface area contributed by atoms with E-state index in [9.17, 15) is 9.59 Å². The average molecular weight is 419 g/mol. The number of para-hydroxylation sites is 1. The minimum atomic E-state index is -0.189. The van der Waals surface area contributed by atoms with E-state index in [2.05, 4.69) is 11.1 Å². The van der Waals surface area contributed by atoms with Gasteiger partial charge in [-0.25, -0.2) is 0 Å². The van der Waals surface area contributed by atoms with Gasteiger partial charge < -0.3 is 4.98 Å². The summed E-state index contributed by atoms with van der Waals surface area (Å²) < 4.78 is 0. The van der Waals surface area contributed by atoms with Crippen LogP contribution < -0.4 is 0 Å². The second kappa shape index (κ2) is 8.15. The molecule has 0 spiro atoms. The third kappa shape index (κ3) is 3.70. The monoisotopic (exact) mass is 418 g/mol. The van der Waals surface area contributed by atoms with Crippen LogP contribution in [-0.2, 0) is 16.0 Å². The maximum atomic E-state index is 13.4. The number of H-pyrrole nitrogens is 1. The van der Waals surface area contributed by atoms with Crippen molar-refractivity contribution < 1.29 is 9.59 Å². The Balaban J connectivity index is 1.64. The van der Waals surface area contributed by atoms with Gasteiger partial charge in [0.25, 0.3) is 11.8 Å². The van der Waals surface area contributed by atoms with Crippen LogP contribution in [0.3, 0.4) is 0 Å². The number of rotatable bonds is 6. The SMILES string of the molecule is Cc1ccc(C2=C(SC(C)C)C(=O)N(CCc3c[nH]c4ccccc34)C2=O)cc1C. The molecule has 0 radical (unpaired) electrons. The lowest BCUT2D eigenvalue weighted by Gasteiger charge is -2.15. The second-order valence-corrected chi connectivity index (χ2v) is 9.63. The van der Waals surface area contributed by atoms with Gasteiger partial charge in [-0.1, -0.05) is 50.2 Å². The van der Waals surface area contributed by atoms with Gasteiger partial charge in [-0.3, -0.25) is 14.5 Å². The molecule has 0 saturated heterocycles. The molecule has 4 rings (SSSR count). The summed E-state index contributed by atoms with van der Waals surface area (Å²) in [5.41, 5.74) is 5.84. The highest BCUT2D eigenvalue weighted by molar-refractivity contribution is 8.04. The zero-order valence-corrected chi connectivity index (χ0v) is 18.6. The number of fused-ring (bicyclic) bond motifs is 1. The Labute approximate surface area is 181 Å². The molecule has 1 aliphatic heterocycles. The molecular weight excluding hydrogens is 392 g/mol. The maximum absolute atomic E-state index is 13.4. The molecule has 2 amide bonds. The molecule has 0 bridgehead atoms. The highest BCUT2D eigenvalue weighted by Gasteiger charge is 2.39. The molecule has 1 aromatic heterocycles. The largest absolute Gasteiger partial charge is 0.361 e. The number of nitrogens with one attached hydrogen (secondary N) is 1. The van der Waals surface area contributed by atoms with Crippen LogP contribution in [0.25, 0.3) is 16.5 Å². The van der Waals surface area contributed by atoms with Crippen molar-refractivity contribution >= 4 is 40.1 Å². The van der Waals surface area contributed by atoms with Crippen molar-refractivity contribution in [3.8, 4) is 0 Å². The van der Waals surface area contributed by atoms with E-state index in [4.69, 9.17) is 0 Å². The molecular formula is C25H26N2O2S. The fourth-order valence-corrected chi connectivity index (χ4v) is 4.83. The van der Waals surface area contributed by atoms with E-state index in [-0.39, 0.29) is 17.1 Å². The zero-order valence-electron chi connectivity index (χ0n) is 17.8. The van der Waals surface area contributed by atoms with Gasteiger partial charge in [-0.15, -0.1) is 11.8 Å². The first-order valence-corrected chi connectivity index (χ1v) is 11.1. The van der Waals surface area contributed by atoms with Crippen LogP contribution in [0.15, 0.2) is 53.6 Å². The van der Waals surface area contributed by atoms with E-state index in [0.29, 0.717) is 23.4 Å². The highest BCUT2D eigenvalue weighted by Crippen LogP contribution is 2.38. The molecule has 3 aromatic rings. The predicted molar refractivity (Wildman–Crippen MR) is 124 cm³/mol. The number of carbonyl (C=O) groups is 2. The van der Waals surface area contributed by atoms with E-state index in [1.807, 2.05) is 70.3 Å². The molecule has 0 aliphatic carbocycles. The van der Waals surface area contributed by atoms with Crippen LogP contribution in [0, 0.1) is 13.8 Å². The van der Waals surface area contributed by atoms with Gasteiger partial charge in [0.1, 0.15) is 0 Å². The number of hydrogen-bond donors (Lipinski definition) is 1. The van der Waals surface area contributed by atoms with Crippen LogP contribution in [0.1, 0.15) is 36.1 Å². The Kier molecular flexibility index (Phi) is 5.56. The lowest BCUT2D eigenvalue weighted by molar-refractivity contribution is -0.136. The van der Waals surface area contributed by atoms with E-state index in [1.54, 1.807) is 0 Å². The van der Waals surface area contributed by atoms with Gasteiger partial charge in [0.15, 0.2) is 0 Å². The molecule has 2 aromatic carbocycles. The number of aromatic nitrogens is 1. The fourth-order valence-electron chi connectivity index (χ4n) is 3.82. The lowest BCUT2D eigenvalue weighted by atomic mass is 10.0. The quantitative estimate of drug-likeness (QED) is 0.556. The number of hydrogen-bond acceptors (Lipinski definition) is 3. The first-order chi connectivity index (χ1) is 14.4. The number of aryl methyl sites for hydroxylation is 2. The molecule has 0 fully saturated rings. The Morgan fingerprint density at radius 2 is 1.77 bits per heavy atom. The van der Waals surface area contributed by atoms with Crippen LogP contribution in [-0.4, -0.2) is 33.5 Å². The molecule has 2 heterocycles. The zero-order chi connectivity index (χ0) is 21.4. The van der Waals surface area contributed by atoms with Gasteiger partial charge in [0.05, 0.1) is 10.5 Å². The Bertz CT molecular complexity index is 1170. The molecule has 1 N–H and O–H groups in total. The third-order valence-corrected chi connectivity index (χ3v) is 6.64. The Hall–Kier alpha value is -2.79. The number of carbonyl (C=O) groups excluding carboxylic acids is 2. The van der Waals surface area contributed by atoms with E-state index < -0.39 is 0 Å². The number of amides is 2. The number of thioether (sulfide) groups is 1. The van der Waals surface area contributed by atoms with E-state index in [1.165, 1.54) is 22.2 Å². The predicted octanol–water partition coefficient (Wildman–Crippen LogP) is 5.25. The van der Waals surface area contributed by atoms with Gasteiger partial charge >= 0.3 is 0 Å². The summed E-state index contributed by atoms with van der Waals surface area (Å²) in [6.45, 7) is 8.54. The van der Waals surface area contributed by atoms with Crippen LogP contribution in [0.4, 0.5) is 0 Å². The normalized spacial score (nSPS) is 14.6. The average Bonchev–Trinajstić information content (AvgIpc) is 3.22. The molecule has 30 heavy (non-hydrogen) atoms. The van der Waals surface area contributed by atoms with Crippen molar-refractivity contribution in [2.45, 2.75) is 39.4 Å². The smallest absolute Gasteiger partial charge is 0.268 e. The fraction of sp³-hybridized carbons (Fsp3) is 0.280.